The Bertz CT molecular complexity index is 658. The minimum atomic E-state index is -1.63. The molecular weight excluding hydrogens is 284 g/mol. The lowest BCUT2D eigenvalue weighted by Crippen LogP contribution is -2.17. The third kappa shape index (κ3) is 2.86. The van der Waals surface area contributed by atoms with Gasteiger partial charge in [-0.25, -0.2) is 9.36 Å². The largest absolute Gasteiger partial charge is 0.507 e. The van der Waals surface area contributed by atoms with E-state index >= 15 is 0 Å². The summed E-state index contributed by atoms with van der Waals surface area (Å²) in [6.07, 6.45) is -3.01. The molecule has 21 heavy (non-hydrogen) atoms. The van der Waals surface area contributed by atoms with Gasteiger partial charge < -0.3 is 20.1 Å². The van der Waals surface area contributed by atoms with Gasteiger partial charge in [0.15, 0.2) is 11.8 Å². The van der Waals surface area contributed by atoms with Gasteiger partial charge in [0, 0.05) is 29.8 Å². The fourth-order valence-corrected chi connectivity index (χ4v) is 1.79. The summed E-state index contributed by atoms with van der Waals surface area (Å²) >= 11 is 0. The van der Waals surface area contributed by atoms with Crippen molar-refractivity contribution in [2.24, 2.45) is 0 Å². The van der Waals surface area contributed by atoms with E-state index in [0.29, 0.717) is 0 Å². The van der Waals surface area contributed by atoms with Crippen LogP contribution in [0.2, 0.25) is 0 Å². The number of nitro groups is 1. The fourth-order valence-electron chi connectivity index (χ4n) is 1.79. The number of aromatic nitrogens is 1. The molecule has 0 aliphatic rings. The second-order valence-corrected chi connectivity index (χ2v) is 4.00. The molecule has 2 aromatic rings. The number of hydrogen-bond acceptors (Lipinski definition) is 6. The first-order valence-corrected chi connectivity index (χ1v) is 5.63. The molecule has 110 valence electrons. The zero-order valence-electron chi connectivity index (χ0n) is 10.4. The molecule has 0 aliphatic carbocycles. The highest BCUT2D eigenvalue weighted by molar-refractivity contribution is 5.57. The summed E-state index contributed by atoms with van der Waals surface area (Å²) in [4.78, 5) is 20.8. The molecule has 3 N–H and O–H groups in total. The lowest BCUT2D eigenvalue weighted by molar-refractivity contribution is -0.384. The molecule has 0 amide bonds. The Morgan fingerprint density at radius 1 is 1.14 bits per heavy atom. The number of nitro benzene ring substituents is 1. The molecule has 0 spiro atoms. The summed E-state index contributed by atoms with van der Waals surface area (Å²) in [5, 5.41) is 38.6. The normalized spacial score (nSPS) is 11.8. The van der Waals surface area contributed by atoms with Gasteiger partial charge in [0.1, 0.15) is 0 Å². The molecule has 1 unspecified atom stereocenters. The minimum Gasteiger partial charge on any atom is -0.494 e. The highest BCUT2D eigenvalue weighted by atomic mass is 16.7. The van der Waals surface area contributed by atoms with Crippen molar-refractivity contribution in [3.05, 3.63) is 52.1 Å². The van der Waals surface area contributed by atoms with Crippen LogP contribution in [0.1, 0.15) is 11.8 Å². The number of hydrogen-bond donors (Lipinski definition) is 3. The molecule has 1 aromatic carbocycles. The van der Waals surface area contributed by atoms with Crippen molar-refractivity contribution in [1.29, 1.82) is 0 Å². The molecule has 1 heterocycles. The molecule has 0 fully saturated rings. The van der Waals surface area contributed by atoms with Crippen LogP contribution in [0.4, 0.5) is 10.5 Å². The van der Waals surface area contributed by atoms with E-state index in [2.05, 4.69) is 4.74 Å². The number of carboxylic acid groups (broad SMARTS) is 1. The van der Waals surface area contributed by atoms with Gasteiger partial charge in [0.05, 0.1) is 4.92 Å². The van der Waals surface area contributed by atoms with Gasteiger partial charge >= 0.3 is 6.16 Å². The van der Waals surface area contributed by atoms with Crippen molar-refractivity contribution in [1.82, 2.24) is 4.57 Å². The number of benzene rings is 1. The molecule has 0 bridgehead atoms. The fraction of sp³-hybridized carbons (Fsp3) is 0.0833. The molecule has 1 aromatic heterocycles. The molecule has 0 saturated heterocycles. The summed E-state index contributed by atoms with van der Waals surface area (Å²) in [6.45, 7) is 0. The van der Waals surface area contributed by atoms with Gasteiger partial charge in [-0.15, -0.1) is 0 Å². The molecule has 9 nitrogen and oxygen atoms in total. The van der Waals surface area contributed by atoms with Gasteiger partial charge in [-0.1, -0.05) is 0 Å². The third-order valence-electron chi connectivity index (χ3n) is 2.71. The van der Waals surface area contributed by atoms with Gasteiger partial charge in [-0.3, -0.25) is 10.1 Å². The van der Waals surface area contributed by atoms with Crippen LogP contribution in [-0.4, -0.2) is 31.0 Å². The van der Waals surface area contributed by atoms with Crippen LogP contribution in [0, 0.1) is 10.1 Å². The van der Waals surface area contributed by atoms with Crippen LogP contribution in [0.5, 0.6) is 11.8 Å². The smallest absolute Gasteiger partial charge is 0.494 e. The molecule has 0 saturated carbocycles. The van der Waals surface area contributed by atoms with Crippen LogP contribution in [0.25, 0.3) is 0 Å². The van der Waals surface area contributed by atoms with E-state index in [1.165, 1.54) is 12.1 Å². The molecule has 9 heteroatoms. The third-order valence-corrected chi connectivity index (χ3v) is 2.71. The predicted molar refractivity (Wildman–Crippen MR) is 68.1 cm³/mol. The van der Waals surface area contributed by atoms with E-state index in [9.17, 15) is 25.1 Å². The van der Waals surface area contributed by atoms with Crippen molar-refractivity contribution >= 4 is 11.8 Å². The summed E-state index contributed by atoms with van der Waals surface area (Å²) in [5.74, 6) is -0.839. The summed E-state index contributed by atoms with van der Waals surface area (Å²) in [7, 11) is 0. The highest BCUT2D eigenvalue weighted by Gasteiger charge is 2.24. The number of non-ortho nitro benzene ring substituents is 1. The van der Waals surface area contributed by atoms with Gasteiger partial charge in [-0.2, -0.15) is 0 Å². The average Bonchev–Trinajstić information content (AvgIpc) is 2.76. The number of aromatic hydroxyl groups is 2. The maximum absolute atomic E-state index is 10.8. The molecular formula is C12H10N2O7. The zero-order valence-corrected chi connectivity index (χ0v) is 10.4. The Hall–Kier alpha value is -3.23. The van der Waals surface area contributed by atoms with Crippen molar-refractivity contribution in [2.75, 3.05) is 0 Å². The Kier molecular flexibility index (Phi) is 3.65. The van der Waals surface area contributed by atoms with E-state index in [1.54, 1.807) is 0 Å². The summed E-state index contributed by atoms with van der Waals surface area (Å²) < 4.78 is 5.46. The van der Waals surface area contributed by atoms with Crippen LogP contribution < -0.4 is 0 Å². The number of carbonyl (C=O) groups is 1. The zero-order chi connectivity index (χ0) is 15.6. The van der Waals surface area contributed by atoms with Crippen molar-refractivity contribution in [2.45, 2.75) is 6.23 Å². The Morgan fingerprint density at radius 2 is 1.67 bits per heavy atom. The van der Waals surface area contributed by atoms with Crippen molar-refractivity contribution in [3.8, 4) is 11.8 Å². The van der Waals surface area contributed by atoms with E-state index < -0.39 is 29.1 Å². The maximum Gasteiger partial charge on any atom is 0.507 e. The standard InChI is InChI=1S/C12H10N2O7/c15-9-5-6-10(16)13(9)11(21-12(17)18)7-1-3-8(4-2-7)14(19)20/h1-6,11,15-16H,(H,17,18). The van der Waals surface area contributed by atoms with Gasteiger partial charge in [0.2, 0.25) is 6.23 Å². The van der Waals surface area contributed by atoms with Gasteiger partial charge in [0.25, 0.3) is 5.69 Å². The highest BCUT2D eigenvalue weighted by Crippen LogP contribution is 2.32. The van der Waals surface area contributed by atoms with E-state index in [1.807, 2.05) is 0 Å². The number of rotatable bonds is 4. The molecule has 2 rings (SSSR count). The lowest BCUT2D eigenvalue weighted by atomic mass is 10.2. The van der Waals surface area contributed by atoms with E-state index in [0.717, 1.165) is 28.8 Å². The maximum atomic E-state index is 10.8. The van der Waals surface area contributed by atoms with Gasteiger partial charge in [-0.05, 0) is 12.1 Å². The van der Waals surface area contributed by atoms with Crippen LogP contribution in [0.15, 0.2) is 36.4 Å². The Labute approximate surface area is 117 Å². The lowest BCUT2D eigenvalue weighted by Gasteiger charge is -2.19. The van der Waals surface area contributed by atoms with Crippen molar-refractivity contribution < 1.29 is 29.8 Å². The van der Waals surface area contributed by atoms with Crippen LogP contribution in [0.3, 0.4) is 0 Å². The first-order valence-electron chi connectivity index (χ1n) is 5.63. The summed E-state index contributed by atoms with van der Waals surface area (Å²) in [5.41, 5.74) is 0.0126. The van der Waals surface area contributed by atoms with E-state index in [-0.39, 0.29) is 11.3 Å². The van der Waals surface area contributed by atoms with Crippen molar-refractivity contribution in [3.63, 3.8) is 0 Å². The summed E-state index contributed by atoms with van der Waals surface area (Å²) in [6, 6.07) is 7.16. The second kappa shape index (κ2) is 5.41. The number of ether oxygens (including phenoxy) is 1. The number of nitrogens with zero attached hydrogens (tertiary/aromatic N) is 2. The topological polar surface area (TPSA) is 135 Å². The Morgan fingerprint density at radius 3 is 2.10 bits per heavy atom. The monoisotopic (exact) mass is 294 g/mol. The van der Waals surface area contributed by atoms with Crippen LogP contribution in [-0.2, 0) is 4.74 Å². The van der Waals surface area contributed by atoms with Crippen LogP contribution >= 0.6 is 0 Å². The predicted octanol–water partition coefficient (Wildman–Crippen LogP) is 2.05. The molecule has 1 atom stereocenters. The first-order chi connectivity index (χ1) is 9.90. The minimum absolute atomic E-state index is 0.186. The molecule has 0 aliphatic heterocycles. The first kappa shape index (κ1) is 14.2. The quantitative estimate of drug-likeness (QED) is 0.446. The molecule has 0 radical (unpaired) electrons. The van der Waals surface area contributed by atoms with E-state index in [4.69, 9.17) is 5.11 Å². The SMILES string of the molecule is O=C(O)OC(c1ccc([N+](=O)[O-])cc1)n1c(O)ccc1O. The average molecular weight is 294 g/mol. The second-order valence-electron chi connectivity index (χ2n) is 4.00. The Balaban J connectivity index is 2.45.